The van der Waals surface area contributed by atoms with Crippen LogP contribution in [0.25, 0.3) is 11.1 Å². The van der Waals surface area contributed by atoms with Gasteiger partial charge in [-0.3, -0.25) is 14.7 Å². The van der Waals surface area contributed by atoms with E-state index >= 15 is 0 Å². The molecule has 1 aromatic heterocycles. The van der Waals surface area contributed by atoms with Crippen molar-refractivity contribution in [3.05, 3.63) is 125 Å². The SMILES string of the molecule is COCC1CCCN1CC1CC(c2ccc(CO)cc2)OC(c2ccc(-c3cccc(CNC(=O)c4cccnc4)c3)cc2)O1. The highest BCUT2D eigenvalue weighted by Gasteiger charge is 2.35. The maximum atomic E-state index is 12.5. The average molecular weight is 608 g/mol. The lowest BCUT2D eigenvalue weighted by molar-refractivity contribution is -0.253. The number of amides is 1. The summed E-state index contributed by atoms with van der Waals surface area (Å²) in [5, 5.41) is 12.5. The highest BCUT2D eigenvalue weighted by Crippen LogP contribution is 2.39. The van der Waals surface area contributed by atoms with Crippen molar-refractivity contribution in [2.24, 2.45) is 0 Å². The summed E-state index contributed by atoms with van der Waals surface area (Å²) in [6.07, 6.45) is 5.67. The molecule has 2 aliphatic rings. The molecule has 0 radical (unpaired) electrons. The molecule has 4 aromatic rings. The van der Waals surface area contributed by atoms with Crippen LogP contribution >= 0.6 is 0 Å². The number of methoxy groups -OCH3 is 1. The van der Waals surface area contributed by atoms with Gasteiger partial charge in [-0.15, -0.1) is 0 Å². The van der Waals surface area contributed by atoms with Crippen LogP contribution in [0.5, 0.6) is 0 Å². The van der Waals surface area contributed by atoms with E-state index in [2.05, 4.69) is 63.7 Å². The van der Waals surface area contributed by atoms with Gasteiger partial charge < -0.3 is 24.6 Å². The minimum atomic E-state index is -0.502. The number of carbonyl (C=O) groups excluding carboxylic acids is 1. The summed E-state index contributed by atoms with van der Waals surface area (Å²) in [5.41, 5.74) is 6.63. The molecule has 0 aliphatic carbocycles. The van der Waals surface area contributed by atoms with Gasteiger partial charge in [0.05, 0.1) is 31.0 Å². The van der Waals surface area contributed by atoms with E-state index in [-0.39, 0.29) is 24.7 Å². The van der Waals surface area contributed by atoms with Gasteiger partial charge in [-0.25, -0.2) is 0 Å². The van der Waals surface area contributed by atoms with Crippen molar-refractivity contribution in [3.8, 4) is 11.1 Å². The fraction of sp³-hybridized carbons (Fsp3) is 0.351. The second kappa shape index (κ2) is 14.9. The van der Waals surface area contributed by atoms with E-state index in [1.165, 1.54) is 6.42 Å². The van der Waals surface area contributed by atoms with Gasteiger partial charge in [-0.1, -0.05) is 66.7 Å². The first-order valence-corrected chi connectivity index (χ1v) is 15.7. The van der Waals surface area contributed by atoms with Crippen molar-refractivity contribution in [1.82, 2.24) is 15.2 Å². The first kappa shape index (κ1) is 31.1. The maximum Gasteiger partial charge on any atom is 0.253 e. The van der Waals surface area contributed by atoms with Crippen LogP contribution < -0.4 is 5.32 Å². The fourth-order valence-corrected chi connectivity index (χ4v) is 6.29. The summed E-state index contributed by atoms with van der Waals surface area (Å²) in [6.45, 7) is 3.06. The van der Waals surface area contributed by atoms with E-state index in [4.69, 9.17) is 14.2 Å². The number of nitrogens with zero attached hydrogens (tertiary/aromatic N) is 2. The van der Waals surface area contributed by atoms with Crippen LogP contribution in [0.2, 0.25) is 0 Å². The van der Waals surface area contributed by atoms with Gasteiger partial charge in [0.1, 0.15) is 0 Å². The Hall–Kier alpha value is -3.92. The van der Waals surface area contributed by atoms with Gasteiger partial charge in [0.25, 0.3) is 5.91 Å². The fourth-order valence-electron chi connectivity index (χ4n) is 6.29. The number of ether oxygens (including phenoxy) is 3. The Morgan fingerprint density at radius 1 is 0.978 bits per heavy atom. The third-order valence-corrected chi connectivity index (χ3v) is 8.73. The van der Waals surface area contributed by atoms with Crippen LogP contribution in [0.15, 0.2) is 97.3 Å². The minimum Gasteiger partial charge on any atom is -0.392 e. The summed E-state index contributed by atoms with van der Waals surface area (Å²) in [5.74, 6) is -0.148. The van der Waals surface area contributed by atoms with Gasteiger partial charge in [0, 0.05) is 50.6 Å². The number of hydrogen-bond acceptors (Lipinski definition) is 7. The molecule has 6 rings (SSSR count). The van der Waals surface area contributed by atoms with Crippen molar-refractivity contribution >= 4 is 5.91 Å². The molecular formula is C37H41N3O5. The van der Waals surface area contributed by atoms with Gasteiger partial charge >= 0.3 is 0 Å². The molecule has 3 aromatic carbocycles. The Balaban J connectivity index is 1.16. The molecule has 2 aliphatic heterocycles. The van der Waals surface area contributed by atoms with Gasteiger partial charge in [-0.2, -0.15) is 0 Å². The molecule has 0 spiro atoms. The Labute approximate surface area is 265 Å². The number of aliphatic hydroxyl groups is 1. The lowest BCUT2D eigenvalue weighted by atomic mass is 9.98. The quantitative estimate of drug-likeness (QED) is 0.222. The zero-order valence-electron chi connectivity index (χ0n) is 25.7. The summed E-state index contributed by atoms with van der Waals surface area (Å²) in [6, 6.07) is 28.5. The number of nitrogens with one attached hydrogen (secondary N) is 1. The Bertz CT molecular complexity index is 1530. The monoisotopic (exact) mass is 607 g/mol. The molecule has 4 unspecified atom stereocenters. The van der Waals surface area contributed by atoms with Crippen LogP contribution in [-0.4, -0.2) is 59.8 Å². The second-order valence-electron chi connectivity index (χ2n) is 11.8. The third kappa shape index (κ3) is 7.84. The number of aliphatic hydroxyl groups excluding tert-OH is 1. The number of benzene rings is 3. The largest absolute Gasteiger partial charge is 0.392 e. The predicted octanol–water partition coefficient (Wildman–Crippen LogP) is 5.83. The normalized spacial score (nSPS) is 21.9. The molecule has 45 heavy (non-hydrogen) atoms. The lowest BCUT2D eigenvalue weighted by Crippen LogP contribution is -2.42. The van der Waals surface area contributed by atoms with Crippen LogP contribution in [0.4, 0.5) is 0 Å². The lowest BCUT2D eigenvalue weighted by Gasteiger charge is -2.38. The van der Waals surface area contributed by atoms with E-state index in [0.717, 1.165) is 65.9 Å². The van der Waals surface area contributed by atoms with Gasteiger partial charge in [-0.05, 0) is 65.4 Å². The van der Waals surface area contributed by atoms with E-state index in [1.807, 2.05) is 24.3 Å². The molecule has 0 bridgehead atoms. The Kier molecular flexibility index (Phi) is 10.3. The Morgan fingerprint density at radius 3 is 2.56 bits per heavy atom. The number of pyridine rings is 1. The zero-order valence-corrected chi connectivity index (χ0v) is 25.7. The molecule has 8 heteroatoms. The molecule has 4 atom stereocenters. The molecule has 2 saturated heterocycles. The van der Waals surface area contributed by atoms with Crippen molar-refractivity contribution in [3.63, 3.8) is 0 Å². The molecule has 1 amide bonds. The number of aromatic nitrogens is 1. The van der Waals surface area contributed by atoms with Gasteiger partial charge in [0.2, 0.25) is 0 Å². The average Bonchev–Trinajstić information content (AvgIpc) is 3.54. The summed E-state index contributed by atoms with van der Waals surface area (Å²) in [7, 11) is 1.77. The third-order valence-electron chi connectivity index (χ3n) is 8.73. The molecule has 2 N–H and O–H groups in total. The molecule has 3 heterocycles. The van der Waals surface area contributed by atoms with Crippen LogP contribution in [0.3, 0.4) is 0 Å². The maximum absolute atomic E-state index is 12.5. The zero-order chi connectivity index (χ0) is 31.0. The van der Waals surface area contributed by atoms with Crippen LogP contribution in [0.1, 0.15) is 64.3 Å². The molecular weight excluding hydrogens is 566 g/mol. The Morgan fingerprint density at radius 2 is 1.80 bits per heavy atom. The molecule has 234 valence electrons. The number of rotatable bonds is 11. The minimum absolute atomic E-state index is 0.00182. The molecule has 8 nitrogen and oxygen atoms in total. The first-order chi connectivity index (χ1) is 22.1. The topological polar surface area (TPSA) is 93.2 Å². The number of hydrogen-bond donors (Lipinski definition) is 2. The first-order valence-electron chi connectivity index (χ1n) is 15.7. The standard InChI is InChI=1S/C37H41N3O5/c1-43-25-33-8-4-18-40(33)23-34-20-35(29-11-9-26(24-41)10-12-29)45-37(44-34)30-15-13-28(14-16-30)31-6-2-5-27(19-31)21-39-36(42)32-7-3-17-38-22-32/h2-3,5-7,9-17,19,22,33-35,37,41H,4,8,18,20-21,23-25H2,1H3,(H,39,42). The van der Waals surface area contributed by atoms with Crippen molar-refractivity contribution < 1.29 is 24.1 Å². The predicted molar refractivity (Wildman–Crippen MR) is 172 cm³/mol. The van der Waals surface area contributed by atoms with Crippen molar-refractivity contribution in [2.45, 2.75) is 57.0 Å². The highest BCUT2D eigenvalue weighted by molar-refractivity contribution is 5.93. The van der Waals surface area contributed by atoms with E-state index in [9.17, 15) is 9.90 Å². The molecule has 2 fully saturated rings. The number of carbonyl (C=O) groups is 1. The van der Waals surface area contributed by atoms with E-state index in [1.54, 1.807) is 31.6 Å². The van der Waals surface area contributed by atoms with Crippen molar-refractivity contribution in [2.75, 3.05) is 26.8 Å². The second-order valence-corrected chi connectivity index (χ2v) is 11.8. The van der Waals surface area contributed by atoms with Crippen LogP contribution in [-0.2, 0) is 27.4 Å². The highest BCUT2D eigenvalue weighted by atomic mass is 16.7. The van der Waals surface area contributed by atoms with E-state index < -0.39 is 6.29 Å². The summed E-state index contributed by atoms with van der Waals surface area (Å²) in [4.78, 5) is 19.0. The van der Waals surface area contributed by atoms with Gasteiger partial charge in [0.15, 0.2) is 6.29 Å². The summed E-state index contributed by atoms with van der Waals surface area (Å²) >= 11 is 0. The smallest absolute Gasteiger partial charge is 0.253 e. The van der Waals surface area contributed by atoms with Crippen molar-refractivity contribution in [1.29, 1.82) is 0 Å². The molecule has 0 saturated carbocycles. The van der Waals surface area contributed by atoms with Crippen LogP contribution in [0, 0.1) is 0 Å². The van der Waals surface area contributed by atoms with E-state index in [0.29, 0.717) is 18.2 Å². The number of likely N-dealkylation sites (tertiary alicyclic amines) is 1. The summed E-state index contributed by atoms with van der Waals surface area (Å²) < 4.78 is 18.7.